The Hall–Kier alpha value is -2.39. The zero-order chi connectivity index (χ0) is 21.2. The predicted octanol–water partition coefficient (Wildman–Crippen LogP) is 3.04. The number of anilines is 1. The molecule has 1 aromatic heterocycles. The Balaban J connectivity index is 1.45. The molecule has 3 aliphatic heterocycles. The minimum atomic E-state index is -1.06. The van der Waals surface area contributed by atoms with Gasteiger partial charge in [-0.05, 0) is 31.4 Å². The molecule has 0 bridgehead atoms. The van der Waals surface area contributed by atoms with Crippen LogP contribution in [-0.4, -0.2) is 69.0 Å². The van der Waals surface area contributed by atoms with E-state index in [-0.39, 0.29) is 29.8 Å². The summed E-state index contributed by atoms with van der Waals surface area (Å²) in [5.41, 5.74) is 0.678. The van der Waals surface area contributed by atoms with E-state index in [1.54, 1.807) is 15.9 Å². The van der Waals surface area contributed by atoms with Gasteiger partial charge in [0.25, 0.3) is 0 Å². The summed E-state index contributed by atoms with van der Waals surface area (Å²) in [7, 11) is 0. The van der Waals surface area contributed by atoms with Crippen LogP contribution >= 0.6 is 22.9 Å². The number of para-hydroxylation sites is 1. The number of benzene rings is 1. The third kappa shape index (κ3) is 2.79. The zero-order valence-corrected chi connectivity index (χ0v) is 17.9. The minimum Gasteiger partial charge on any atom is -0.465 e. The second-order valence-corrected chi connectivity index (χ2v) is 9.51. The molecule has 3 amide bonds. The fourth-order valence-corrected chi connectivity index (χ4v) is 6.49. The van der Waals surface area contributed by atoms with E-state index < -0.39 is 12.1 Å². The molecule has 1 aromatic carbocycles. The molecule has 2 aromatic rings. The molecule has 1 N–H and O–H groups in total. The predicted molar refractivity (Wildman–Crippen MR) is 113 cm³/mol. The van der Waals surface area contributed by atoms with Crippen LogP contribution in [0.25, 0.3) is 10.2 Å². The molecule has 5 rings (SSSR count). The highest BCUT2D eigenvalue weighted by molar-refractivity contribution is 7.22. The van der Waals surface area contributed by atoms with Crippen molar-refractivity contribution in [3.05, 3.63) is 23.2 Å². The number of halogens is 1. The average Bonchev–Trinajstić information content (AvgIpc) is 3.47. The van der Waals surface area contributed by atoms with E-state index in [2.05, 4.69) is 4.98 Å². The number of carboxylic acid groups (broad SMARTS) is 1. The lowest BCUT2D eigenvalue weighted by Crippen LogP contribution is -2.51. The summed E-state index contributed by atoms with van der Waals surface area (Å²) < 4.78 is 0.912. The van der Waals surface area contributed by atoms with Gasteiger partial charge in [0.15, 0.2) is 5.13 Å². The second-order valence-electron chi connectivity index (χ2n) is 8.09. The molecule has 10 heteroatoms. The highest BCUT2D eigenvalue weighted by Gasteiger charge is 2.55. The van der Waals surface area contributed by atoms with E-state index in [1.165, 1.54) is 16.2 Å². The van der Waals surface area contributed by atoms with Gasteiger partial charge >= 0.3 is 6.09 Å². The van der Waals surface area contributed by atoms with E-state index in [1.807, 2.05) is 19.1 Å². The summed E-state index contributed by atoms with van der Waals surface area (Å²) in [5.74, 6) is -0.612. The molecule has 4 heterocycles. The van der Waals surface area contributed by atoms with Crippen LogP contribution in [0.4, 0.5) is 9.93 Å². The molecule has 0 spiro atoms. The van der Waals surface area contributed by atoms with Crippen molar-refractivity contribution < 1.29 is 19.5 Å². The number of carbonyl (C=O) groups is 3. The minimum absolute atomic E-state index is 0.0563. The Morgan fingerprint density at radius 1 is 1.23 bits per heavy atom. The standard InChI is InChI=1S/C20H21ClN4O4S/c1-10-16-12(7-9-24(16)18(27)13-5-3-8-23(13)20(28)29)25(17(10)26)19-22-15-11(21)4-2-6-14(15)30-19/h2,4,6,10,12-13,16H,3,5,7-9H2,1H3,(H,28,29)/t10-,12-,13-,16+/m0/s1. The maximum Gasteiger partial charge on any atom is 0.407 e. The fraction of sp³-hybridized carbons (Fsp3) is 0.500. The van der Waals surface area contributed by atoms with Crippen LogP contribution in [0.1, 0.15) is 26.2 Å². The normalized spacial score (nSPS) is 28.6. The summed E-state index contributed by atoms with van der Waals surface area (Å²) in [5, 5.41) is 10.6. The van der Waals surface area contributed by atoms with E-state index in [0.717, 1.165) is 4.70 Å². The molecule has 158 valence electrons. The Morgan fingerprint density at radius 2 is 2.03 bits per heavy atom. The molecule has 8 nitrogen and oxygen atoms in total. The van der Waals surface area contributed by atoms with Crippen LogP contribution in [0.15, 0.2) is 18.2 Å². The first-order valence-corrected chi connectivity index (χ1v) is 11.3. The van der Waals surface area contributed by atoms with Gasteiger partial charge in [0, 0.05) is 13.1 Å². The summed E-state index contributed by atoms with van der Waals surface area (Å²) in [6, 6.07) is 4.47. The van der Waals surface area contributed by atoms with Gasteiger partial charge in [-0.1, -0.05) is 35.9 Å². The van der Waals surface area contributed by atoms with Gasteiger partial charge in [0.1, 0.15) is 11.6 Å². The van der Waals surface area contributed by atoms with Crippen LogP contribution < -0.4 is 4.90 Å². The summed E-state index contributed by atoms with van der Waals surface area (Å²) in [6.07, 6.45) is 0.792. The molecular formula is C20H21ClN4O4S. The van der Waals surface area contributed by atoms with Crippen LogP contribution in [0, 0.1) is 5.92 Å². The number of nitrogens with zero attached hydrogens (tertiary/aromatic N) is 4. The van der Waals surface area contributed by atoms with E-state index in [0.29, 0.717) is 48.0 Å². The fourth-order valence-electron chi connectivity index (χ4n) is 5.16. The first-order valence-electron chi connectivity index (χ1n) is 10.1. The number of rotatable bonds is 2. The average molecular weight is 449 g/mol. The van der Waals surface area contributed by atoms with Crippen LogP contribution in [0.3, 0.4) is 0 Å². The van der Waals surface area contributed by atoms with Crippen molar-refractivity contribution in [2.24, 2.45) is 5.92 Å². The van der Waals surface area contributed by atoms with E-state index in [9.17, 15) is 19.5 Å². The van der Waals surface area contributed by atoms with Crippen molar-refractivity contribution in [3.8, 4) is 0 Å². The Morgan fingerprint density at radius 3 is 2.77 bits per heavy atom. The quantitative estimate of drug-likeness (QED) is 0.762. The molecule has 0 unspecified atom stereocenters. The smallest absolute Gasteiger partial charge is 0.407 e. The maximum absolute atomic E-state index is 13.2. The van der Waals surface area contributed by atoms with Crippen molar-refractivity contribution in [2.75, 3.05) is 18.0 Å². The molecule has 3 aliphatic rings. The van der Waals surface area contributed by atoms with E-state index >= 15 is 0 Å². The van der Waals surface area contributed by atoms with Crippen molar-refractivity contribution in [3.63, 3.8) is 0 Å². The number of fused-ring (bicyclic) bond motifs is 2. The van der Waals surface area contributed by atoms with Crippen molar-refractivity contribution in [2.45, 2.75) is 44.3 Å². The Bertz CT molecular complexity index is 1060. The topological polar surface area (TPSA) is 94.1 Å². The molecule has 0 radical (unpaired) electrons. The number of carbonyl (C=O) groups excluding carboxylic acids is 2. The number of hydrogen-bond donors (Lipinski definition) is 1. The first kappa shape index (κ1) is 19.6. The molecule has 4 atom stereocenters. The summed E-state index contributed by atoms with van der Waals surface area (Å²) >= 11 is 7.69. The molecule has 0 saturated carbocycles. The third-order valence-electron chi connectivity index (χ3n) is 6.52. The summed E-state index contributed by atoms with van der Waals surface area (Å²) in [4.78, 5) is 47.2. The largest absolute Gasteiger partial charge is 0.465 e. The highest BCUT2D eigenvalue weighted by Crippen LogP contribution is 2.43. The molecule has 0 aliphatic carbocycles. The van der Waals surface area contributed by atoms with Gasteiger partial charge < -0.3 is 10.0 Å². The van der Waals surface area contributed by atoms with Gasteiger partial charge in [-0.15, -0.1) is 0 Å². The first-order chi connectivity index (χ1) is 14.4. The number of aromatic nitrogens is 1. The van der Waals surface area contributed by atoms with E-state index in [4.69, 9.17) is 11.6 Å². The van der Waals surface area contributed by atoms with Gasteiger partial charge in [-0.2, -0.15) is 0 Å². The Labute approximate surface area is 182 Å². The van der Waals surface area contributed by atoms with Gasteiger partial charge in [-0.25, -0.2) is 9.78 Å². The number of likely N-dealkylation sites (tertiary alicyclic amines) is 2. The maximum atomic E-state index is 13.2. The zero-order valence-electron chi connectivity index (χ0n) is 16.3. The highest BCUT2D eigenvalue weighted by atomic mass is 35.5. The monoisotopic (exact) mass is 448 g/mol. The van der Waals surface area contributed by atoms with Crippen molar-refractivity contribution >= 4 is 56.2 Å². The SMILES string of the molecule is C[C@@H]1C(=O)N(c2nc3c(Cl)cccc3s2)[C@H]2CCN(C(=O)[C@@H]3CCCN3C(=O)O)[C@H]12. The van der Waals surface area contributed by atoms with Crippen LogP contribution in [-0.2, 0) is 9.59 Å². The molecule has 3 saturated heterocycles. The van der Waals surface area contributed by atoms with Crippen LogP contribution in [0.2, 0.25) is 5.02 Å². The van der Waals surface area contributed by atoms with Gasteiger partial charge in [0.2, 0.25) is 11.8 Å². The molecule has 3 fully saturated rings. The lowest BCUT2D eigenvalue weighted by molar-refractivity contribution is -0.137. The van der Waals surface area contributed by atoms with Crippen molar-refractivity contribution in [1.29, 1.82) is 0 Å². The van der Waals surface area contributed by atoms with Crippen LogP contribution in [0.5, 0.6) is 0 Å². The number of hydrogen-bond acceptors (Lipinski definition) is 5. The lowest BCUT2D eigenvalue weighted by atomic mass is 10.0. The number of thiazole rings is 1. The molecule has 30 heavy (non-hydrogen) atoms. The lowest BCUT2D eigenvalue weighted by Gasteiger charge is -2.31. The Kier molecular flexibility index (Phi) is 4.62. The molecular weight excluding hydrogens is 428 g/mol. The number of amides is 3. The third-order valence-corrected chi connectivity index (χ3v) is 7.85. The van der Waals surface area contributed by atoms with Gasteiger partial charge in [-0.3, -0.25) is 19.4 Å². The second kappa shape index (κ2) is 7.09. The van der Waals surface area contributed by atoms with Crippen molar-refractivity contribution in [1.82, 2.24) is 14.8 Å². The van der Waals surface area contributed by atoms with Gasteiger partial charge in [0.05, 0.1) is 27.7 Å². The summed E-state index contributed by atoms with van der Waals surface area (Å²) in [6.45, 7) is 2.73.